The molecule has 0 aromatic heterocycles. The Morgan fingerprint density at radius 3 is 0.880 bits per heavy atom. The summed E-state index contributed by atoms with van der Waals surface area (Å²) >= 11 is 0. The minimum atomic E-state index is -4.67. The van der Waals surface area contributed by atoms with E-state index in [2.05, 4.69) is 0 Å². The zero-order chi connectivity index (χ0) is 20.2. The van der Waals surface area contributed by atoms with Crippen LogP contribution in [0, 0.1) is 0 Å². The molecule has 0 aliphatic heterocycles. The topological polar surface area (TPSA) is 230 Å². The lowest BCUT2D eigenvalue weighted by molar-refractivity contribution is -0.145. The number of carboxylic acids is 4. The molecule has 0 unspecified atom stereocenters. The molecule has 0 aliphatic rings. The van der Waals surface area contributed by atoms with Gasteiger partial charge in [0.15, 0.2) is 0 Å². The van der Waals surface area contributed by atoms with Crippen LogP contribution < -0.4 is 0 Å². The van der Waals surface area contributed by atoms with Crippen molar-refractivity contribution in [2.45, 2.75) is 0 Å². The lowest BCUT2D eigenvalue weighted by Gasteiger charge is -2.23. The maximum absolute atomic E-state index is 10.6. The molecule has 15 heteroatoms. The van der Waals surface area contributed by atoms with Crippen molar-refractivity contribution < 1.29 is 57.1 Å². The minimum Gasteiger partial charge on any atom is -0.480 e. The van der Waals surface area contributed by atoms with E-state index in [4.69, 9.17) is 37.9 Å². The summed E-state index contributed by atoms with van der Waals surface area (Å²) in [6, 6.07) is 0. The molecule has 14 nitrogen and oxygen atoms in total. The summed E-state index contributed by atoms with van der Waals surface area (Å²) in [5.41, 5.74) is 0. The van der Waals surface area contributed by atoms with Crippen LogP contribution in [0.3, 0.4) is 0 Å². The number of nitrogens with zero attached hydrogens (tertiary/aromatic N) is 2. The number of hydrogen-bond donors (Lipinski definition) is 6. The van der Waals surface area contributed by atoms with Gasteiger partial charge in [0.05, 0.1) is 26.2 Å². The molecule has 0 amide bonds. The highest BCUT2D eigenvalue weighted by Gasteiger charge is 2.17. The fourth-order valence-corrected chi connectivity index (χ4v) is 1.48. The molecule has 0 atom stereocenters. The van der Waals surface area contributed by atoms with Crippen LogP contribution in [0.15, 0.2) is 0 Å². The first-order valence-electron chi connectivity index (χ1n) is 6.22. The van der Waals surface area contributed by atoms with E-state index >= 15 is 0 Å². The van der Waals surface area contributed by atoms with Gasteiger partial charge in [0.25, 0.3) is 0 Å². The van der Waals surface area contributed by atoms with Gasteiger partial charge in [-0.15, -0.1) is 0 Å². The van der Waals surface area contributed by atoms with Crippen LogP contribution in [-0.4, -0.2) is 111 Å². The average Bonchev–Trinajstić information content (AvgIpc) is 2.30. The zero-order valence-electron chi connectivity index (χ0n) is 12.7. The first kappa shape index (κ1) is 24.9. The Kier molecular flexibility index (Phi) is 12.1. The second-order valence-corrected chi connectivity index (χ2v) is 5.34. The third kappa shape index (κ3) is 24.1. The summed E-state index contributed by atoms with van der Waals surface area (Å²) < 4.78 is 31.6. The molecule has 0 radical (unpaired) electrons. The third-order valence-corrected chi connectivity index (χ3v) is 2.17. The zero-order valence-corrected chi connectivity index (χ0v) is 13.5. The smallest absolute Gasteiger partial charge is 0.394 e. The molecular weight excluding hydrogens is 372 g/mol. The van der Waals surface area contributed by atoms with E-state index in [0.29, 0.717) is 0 Å². The van der Waals surface area contributed by atoms with Crippen molar-refractivity contribution in [3.63, 3.8) is 0 Å². The summed E-state index contributed by atoms with van der Waals surface area (Å²) in [5, 5.41) is 34.5. The van der Waals surface area contributed by atoms with Gasteiger partial charge in [-0.05, 0) is 0 Å². The van der Waals surface area contributed by atoms with Crippen LogP contribution in [0.2, 0.25) is 0 Å². The Morgan fingerprint density at radius 1 is 0.600 bits per heavy atom. The molecule has 0 bridgehead atoms. The van der Waals surface area contributed by atoms with Gasteiger partial charge >= 0.3 is 34.3 Å². The van der Waals surface area contributed by atoms with Crippen LogP contribution >= 0.6 is 0 Å². The normalized spacial score (nSPS) is 10.9. The molecule has 0 fully saturated rings. The van der Waals surface area contributed by atoms with Crippen molar-refractivity contribution in [3.8, 4) is 0 Å². The quantitative estimate of drug-likeness (QED) is 0.197. The van der Waals surface area contributed by atoms with Crippen LogP contribution in [0.4, 0.5) is 0 Å². The molecule has 0 aromatic carbocycles. The highest BCUT2D eigenvalue weighted by Crippen LogP contribution is 1.94. The predicted octanol–water partition coefficient (Wildman–Crippen LogP) is -2.72. The second kappa shape index (κ2) is 12.1. The Morgan fingerprint density at radius 2 is 0.760 bits per heavy atom. The summed E-state index contributed by atoms with van der Waals surface area (Å²) in [6.45, 7) is -2.25. The maximum Gasteiger partial charge on any atom is 0.394 e. The SMILES string of the molecule is O=C(O)CN(CCN(CC(=O)O)CC(=O)O)CC(=O)O.O=S(=O)(O)O. The van der Waals surface area contributed by atoms with E-state index in [9.17, 15) is 19.2 Å². The van der Waals surface area contributed by atoms with Gasteiger partial charge in [-0.2, -0.15) is 8.42 Å². The largest absolute Gasteiger partial charge is 0.480 e. The van der Waals surface area contributed by atoms with E-state index in [-0.39, 0.29) is 13.1 Å². The van der Waals surface area contributed by atoms with Crippen molar-refractivity contribution in [1.82, 2.24) is 9.80 Å². The van der Waals surface area contributed by atoms with Crippen molar-refractivity contribution in [3.05, 3.63) is 0 Å². The molecular formula is C10H18N2O12S. The summed E-state index contributed by atoms with van der Waals surface area (Å²) in [6.07, 6.45) is 0. The van der Waals surface area contributed by atoms with Crippen molar-refractivity contribution in [1.29, 1.82) is 0 Å². The first-order chi connectivity index (χ1) is 11.2. The molecule has 0 saturated carbocycles. The van der Waals surface area contributed by atoms with Gasteiger partial charge in [-0.3, -0.25) is 38.1 Å². The van der Waals surface area contributed by atoms with Gasteiger partial charge in [-0.25, -0.2) is 0 Å². The summed E-state index contributed by atoms with van der Waals surface area (Å²) in [7, 11) is -4.67. The molecule has 0 rings (SSSR count). The Balaban J connectivity index is 0. The van der Waals surface area contributed by atoms with Gasteiger partial charge in [0.1, 0.15) is 0 Å². The minimum absolute atomic E-state index is 0.0703. The van der Waals surface area contributed by atoms with E-state index < -0.39 is 60.5 Å². The van der Waals surface area contributed by atoms with E-state index in [0.717, 1.165) is 9.80 Å². The lowest BCUT2D eigenvalue weighted by atomic mass is 10.4. The van der Waals surface area contributed by atoms with Crippen molar-refractivity contribution >= 4 is 34.3 Å². The Bertz CT molecular complexity index is 498. The van der Waals surface area contributed by atoms with Crippen molar-refractivity contribution in [2.75, 3.05) is 39.3 Å². The molecule has 0 aliphatic carbocycles. The molecule has 0 aromatic rings. The number of hydrogen-bond acceptors (Lipinski definition) is 8. The van der Waals surface area contributed by atoms with Gasteiger partial charge in [0, 0.05) is 13.1 Å². The fraction of sp³-hybridized carbons (Fsp3) is 0.600. The lowest BCUT2D eigenvalue weighted by Crippen LogP contribution is -2.43. The van der Waals surface area contributed by atoms with Crippen LogP contribution in [-0.2, 0) is 29.6 Å². The predicted molar refractivity (Wildman–Crippen MR) is 77.6 cm³/mol. The molecule has 0 saturated heterocycles. The number of aliphatic carboxylic acids is 4. The van der Waals surface area contributed by atoms with E-state index in [1.807, 2.05) is 0 Å². The van der Waals surface area contributed by atoms with Crippen LogP contribution in [0.5, 0.6) is 0 Å². The van der Waals surface area contributed by atoms with Gasteiger partial charge < -0.3 is 20.4 Å². The third-order valence-electron chi connectivity index (χ3n) is 2.17. The highest BCUT2D eigenvalue weighted by molar-refractivity contribution is 7.79. The Labute approximate surface area is 141 Å². The average molecular weight is 390 g/mol. The highest BCUT2D eigenvalue weighted by atomic mass is 32.3. The molecule has 0 spiro atoms. The fourth-order valence-electron chi connectivity index (χ4n) is 1.48. The molecule has 146 valence electrons. The van der Waals surface area contributed by atoms with Crippen LogP contribution in [0.1, 0.15) is 0 Å². The summed E-state index contributed by atoms with van der Waals surface area (Å²) in [4.78, 5) is 44.4. The van der Waals surface area contributed by atoms with Crippen molar-refractivity contribution in [2.24, 2.45) is 0 Å². The number of rotatable bonds is 11. The molecule has 25 heavy (non-hydrogen) atoms. The monoisotopic (exact) mass is 390 g/mol. The molecule has 0 heterocycles. The standard InChI is InChI=1S/C10H16N2O8.H2O4S/c13-7(14)3-11(4-8(15)16)1-2-12(5-9(17)18)6-10(19)20;1-5(2,3)4/h1-6H2,(H,13,14)(H,15,16)(H,17,18)(H,19,20);(H2,1,2,3,4). The van der Waals surface area contributed by atoms with Gasteiger partial charge in [-0.1, -0.05) is 0 Å². The first-order valence-corrected chi connectivity index (χ1v) is 7.62. The second-order valence-electron chi connectivity index (χ2n) is 4.44. The Hall–Kier alpha value is -2.33. The van der Waals surface area contributed by atoms with Crippen LogP contribution in [0.25, 0.3) is 0 Å². The molecule has 6 N–H and O–H groups in total. The number of carboxylic acid groups (broad SMARTS) is 4. The summed E-state index contributed by atoms with van der Waals surface area (Å²) in [5.74, 6) is -4.91. The number of carbonyl (C=O) groups is 4. The van der Waals surface area contributed by atoms with Gasteiger partial charge in [0.2, 0.25) is 0 Å². The maximum atomic E-state index is 10.6. The van der Waals surface area contributed by atoms with E-state index in [1.165, 1.54) is 0 Å². The van der Waals surface area contributed by atoms with E-state index in [1.54, 1.807) is 0 Å².